The van der Waals surface area contributed by atoms with Crippen LogP contribution in [0.25, 0.3) is 11.5 Å². The third-order valence-electron chi connectivity index (χ3n) is 7.86. The quantitative estimate of drug-likeness (QED) is 0.542. The van der Waals surface area contributed by atoms with Crippen LogP contribution in [0.1, 0.15) is 79.1 Å². The second kappa shape index (κ2) is 8.94. The van der Waals surface area contributed by atoms with Crippen molar-refractivity contribution in [2.24, 2.45) is 5.73 Å². The van der Waals surface area contributed by atoms with Gasteiger partial charge in [-0.15, -0.1) is 10.2 Å². The Labute approximate surface area is 210 Å². The van der Waals surface area contributed by atoms with Gasteiger partial charge < -0.3 is 20.3 Å². The van der Waals surface area contributed by atoms with Crippen LogP contribution in [0.2, 0.25) is 0 Å². The molecule has 0 saturated carbocycles. The Morgan fingerprint density at radius 3 is 2.81 bits per heavy atom. The normalized spacial score (nSPS) is 21.8. The first kappa shape index (κ1) is 23.1. The Bertz CT molecular complexity index is 1320. The number of amides is 1. The van der Waals surface area contributed by atoms with Crippen LogP contribution in [-0.4, -0.2) is 54.9 Å². The summed E-state index contributed by atoms with van der Waals surface area (Å²) in [7, 11) is 0. The van der Waals surface area contributed by atoms with Gasteiger partial charge in [-0.05, 0) is 50.8 Å². The fourth-order valence-corrected chi connectivity index (χ4v) is 5.76. The van der Waals surface area contributed by atoms with E-state index >= 15 is 0 Å². The van der Waals surface area contributed by atoms with E-state index in [2.05, 4.69) is 22.0 Å². The predicted molar refractivity (Wildman–Crippen MR) is 136 cm³/mol. The lowest BCUT2D eigenvalue weighted by Crippen LogP contribution is -2.28. The fraction of sp³-hybridized carbons (Fsp3) is 0.500. The first-order chi connectivity index (χ1) is 17.5. The van der Waals surface area contributed by atoms with Crippen molar-refractivity contribution in [2.75, 3.05) is 23.0 Å². The summed E-state index contributed by atoms with van der Waals surface area (Å²) in [5, 5.41) is 18.4. The molecule has 0 aromatic carbocycles. The average molecular weight is 489 g/mol. The van der Waals surface area contributed by atoms with Crippen molar-refractivity contribution < 1.29 is 9.90 Å². The van der Waals surface area contributed by atoms with Gasteiger partial charge in [-0.1, -0.05) is 13.0 Å². The maximum atomic E-state index is 13.7. The van der Waals surface area contributed by atoms with Gasteiger partial charge in [-0.2, -0.15) is 0 Å². The third-order valence-corrected chi connectivity index (χ3v) is 7.86. The molecule has 1 saturated heterocycles. The highest BCUT2D eigenvalue weighted by Crippen LogP contribution is 2.36. The van der Waals surface area contributed by atoms with Crippen LogP contribution >= 0.6 is 0 Å². The van der Waals surface area contributed by atoms with Crippen LogP contribution in [0.15, 0.2) is 24.3 Å². The van der Waals surface area contributed by atoms with E-state index < -0.39 is 0 Å². The molecule has 3 aromatic heterocycles. The predicted octanol–water partition coefficient (Wildman–Crippen LogP) is 2.77. The highest BCUT2D eigenvalue weighted by Gasteiger charge is 2.36. The molecule has 10 nitrogen and oxygen atoms in total. The molecular formula is C26H32N8O2. The van der Waals surface area contributed by atoms with Crippen molar-refractivity contribution in [3.05, 3.63) is 46.9 Å². The molecule has 1 fully saturated rings. The van der Waals surface area contributed by atoms with Gasteiger partial charge >= 0.3 is 0 Å². The SMILES string of the molecule is CC[C@@H](N)c1nc(N2CCC[C@H]2C)cc2c1CN(c1cccc(-c3nnc4n3[C@@H](CO)CC4)n1)C2=O. The Morgan fingerprint density at radius 2 is 2.06 bits per heavy atom. The maximum Gasteiger partial charge on any atom is 0.260 e. The lowest BCUT2D eigenvalue weighted by Gasteiger charge is -2.25. The number of nitrogens with zero attached hydrogens (tertiary/aromatic N) is 7. The first-order valence-corrected chi connectivity index (χ1v) is 12.9. The molecule has 3 aliphatic heterocycles. The molecule has 3 aromatic rings. The first-order valence-electron chi connectivity index (χ1n) is 12.9. The number of anilines is 2. The standard InChI is InChI=1S/C26H32N8O2/c1-3-19(27)24-18-13-33(26(36)17(18)12-23(29-24)32-11-5-6-15(32)2)21-8-4-7-20(28-21)25-31-30-22-10-9-16(14-35)34(22)25/h4,7-8,12,15-16,19,35H,3,5-6,9-11,13-14,27H2,1-2H3/t15-,16-,19-/m1/s1. The average Bonchev–Trinajstić information content (AvgIpc) is 3.67. The fourth-order valence-electron chi connectivity index (χ4n) is 5.76. The molecule has 10 heteroatoms. The smallest absolute Gasteiger partial charge is 0.260 e. The summed E-state index contributed by atoms with van der Waals surface area (Å²) in [5.74, 6) is 2.77. The van der Waals surface area contributed by atoms with Crippen molar-refractivity contribution in [3.63, 3.8) is 0 Å². The van der Waals surface area contributed by atoms with E-state index in [4.69, 9.17) is 15.7 Å². The van der Waals surface area contributed by atoms with E-state index in [1.165, 1.54) is 0 Å². The van der Waals surface area contributed by atoms with E-state index in [1.807, 2.05) is 35.8 Å². The van der Waals surface area contributed by atoms with Gasteiger partial charge in [0.25, 0.3) is 5.91 Å². The van der Waals surface area contributed by atoms with E-state index in [0.29, 0.717) is 35.5 Å². The van der Waals surface area contributed by atoms with Crippen LogP contribution in [-0.2, 0) is 13.0 Å². The molecule has 0 unspecified atom stereocenters. The molecule has 6 rings (SSSR count). The largest absolute Gasteiger partial charge is 0.394 e. The number of nitrogens with two attached hydrogens (primary N) is 1. The van der Waals surface area contributed by atoms with E-state index in [9.17, 15) is 9.90 Å². The van der Waals surface area contributed by atoms with E-state index in [0.717, 1.165) is 61.5 Å². The molecule has 36 heavy (non-hydrogen) atoms. The Kier molecular flexibility index (Phi) is 5.72. The van der Waals surface area contributed by atoms with Crippen LogP contribution < -0.4 is 15.5 Å². The van der Waals surface area contributed by atoms with Crippen molar-refractivity contribution in [2.45, 2.75) is 70.6 Å². The maximum absolute atomic E-state index is 13.7. The number of aliphatic hydroxyl groups is 1. The number of rotatable bonds is 6. The molecule has 0 bridgehead atoms. The monoisotopic (exact) mass is 488 g/mol. The number of aliphatic hydroxyl groups excluding tert-OH is 1. The zero-order valence-corrected chi connectivity index (χ0v) is 20.8. The van der Waals surface area contributed by atoms with Gasteiger partial charge in [0, 0.05) is 30.6 Å². The number of aromatic nitrogens is 5. The summed E-state index contributed by atoms with van der Waals surface area (Å²) in [4.78, 5) is 27.5. The van der Waals surface area contributed by atoms with Gasteiger partial charge in [0.05, 0.1) is 30.5 Å². The highest BCUT2D eigenvalue weighted by molar-refractivity contribution is 6.10. The number of carbonyl (C=O) groups is 1. The molecule has 3 N–H and O–H groups in total. The number of carbonyl (C=O) groups excluding carboxylic acids is 1. The molecule has 0 spiro atoms. The van der Waals surface area contributed by atoms with Crippen LogP contribution in [0, 0.1) is 0 Å². The Balaban J connectivity index is 1.37. The topological polar surface area (TPSA) is 126 Å². The van der Waals surface area contributed by atoms with E-state index in [1.54, 1.807) is 4.90 Å². The molecule has 0 aliphatic carbocycles. The van der Waals surface area contributed by atoms with Crippen LogP contribution in [0.4, 0.5) is 11.6 Å². The summed E-state index contributed by atoms with van der Waals surface area (Å²) in [6.07, 6.45) is 4.59. The summed E-state index contributed by atoms with van der Waals surface area (Å²) in [6, 6.07) is 7.63. The molecule has 0 radical (unpaired) electrons. The zero-order chi connectivity index (χ0) is 25.0. The molecule has 1 amide bonds. The highest BCUT2D eigenvalue weighted by atomic mass is 16.3. The zero-order valence-electron chi connectivity index (χ0n) is 20.8. The second-order valence-corrected chi connectivity index (χ2v) is 10.0. The molecule has 3 aliphatic rings. The van der Waals surface area contributed by atoms with Gasteiger partial charge in [0.15, 0.2) is 5.82 Å². The van der Waals surface area contributed by atoms with Gasteiger partial charge in [0.1, 0.15) is 23.2 Å². The van der Waals surface area contributed by atoms with Crippen molar-refractivity contribution in [3.8, 4) is 11.5 Å². The second-order valence-electron chi connectivity index (χ2n) is 10.0. The van der Waals surface area contributed by atoms with Crippen molar-refractivity contribution in [1.29, 1.82) is 0 Å². The number of pyridine rings is 2. The van der Waals surface area contributed by atoms with E-state index in [-0.39, 0.29) is 24.6 Å². The van der Waals surface area contributed by atoms with Crippen molar-refractivity contribution in [1.82, 2.24) is 24.7 Å². The molecule has 6 heterocycles. The summed E-state index contributed by atoms with van der Waals surface area (Å²) in [5.41, 5.74) is 9.48. The lowest BCUT2D eigenvalue weighted by atomic mass is 10.0. The minimum Gasteiger partial charge on any atom is -0.394 e. The van der Waals surface area contributed by atoms with Gasteiger partial charge in [-0.3, -0.25) is 9.69 Å². The van der Waals surface area contributed by atoms with Crippen LogP contribution in [0.5, 0.6) is 0 Å². The molecular weight excluding hydrogens is 456 g/mol. The summed E-state index contributed by atoms with van der Waals surface area (Å²) >= 11 is 0. The number of hydrogen-bond acceptors (Lipinski definition) is 8. The van der Waals surface area contributed by atoms with Gasteiger partial charge in [-0.25, -0.2) is 9.97 Å². The minimum absolute atomic E-state index is 0.0308. The summed E-state index contributed by atoms with van der Waals surface area (Å²) < 4.78 is 1.97. The number of hydrogen-bond donors (Lipinski definition) is 2. The van der Waals surface area contributed by atoms with Gasteiger partial charge in [0.2, 0.25) is 0 Å². The lowest BCUT2D eigenvalue weighted by molar-refractivity contribution is 0.0996. The summed E-state index contributed by atoms with van der Waals surface area (Å²) in [6.45, 7) is 5.59. The number of aryl methyl sites for hydroxylation is 1. The molecule has 3 atom stereocenters. The van der Waals surface area contributed by atoms with Crippen LogP contribution in [0.3, 0.4) is 0 Å². The third kappa shape index (κ3) is 3.58. The number of fused-ring (bicyclic) bond motifs is 2. The Hall–Kier alpha value is -3.37. The molecule has 188 valence electrons. The minimum atomic E-state index is -0.238. The van der Waals surface area contributed by atoms with Crippen molar-refractivity contribution >= 4 is 17.5 Å². The Morgan fingerprint density at radius 1 is 1.19 bits per heavy atom.